The average molecular weight is 293 g/mol. The van der Waals surface area contributed by atoms with Crippen LogP contribution in [0.25, 0.3) is 0 Å². The van der Waals surface area contributed by atoms with Crippen LogP contribution in [-0.2, 0) is 15.8 Å². The minimum atomic E-state index is -3.42. The highest BCUT2D eigenvalue weighted by Gasteiger charge is 2.23. The number of nitrogens with one attached hydrogen (secondary N) is 2. The van der Waals surface area contributed by atoms with Crippen LogP contribution in [0.4, 0.5) is 0 Å². The van der Waals surface area contributed by atoms with Gasteiger partial charge < -0.3 is 5.32 Å². The maximum atomic E-state index is 12.2. The zero-order chi connectivity index (χ0) is 14.6. The van der Waals surface area contributed by atoms with E-state index in [4.69, 9.17) is 5.26 Å². The lowest BCUT2D eigenvalue weighted by atomic mass is 10.0. The van der Waals surface area contributed by atoms with Gasteiger partial charge in [0.2, 0.25) is 10.0 Å². The Labute approximate surface area is 120 Å². The highest BCUT2D eigenvalue weighted by Crippen LogP contribution is 2.14. The third-order valence-corrected chi connectivity index (χ3v) is 4.84. The van der Waals surface area contributed by atoms with Crippen molar-refractivity contribution in [3.63, 3.8) is 0 Å². The number of piperidine rings is 1. The minimum absolute atomic E-state index is 0.0227. The van der Waals surface area contributed by atoms with Crippen LogP contribution in [0.15, 0.2) is 24.3 Å². The van der Waals surface area contributed by atoms with Crippen LogP contribution in [0.2, 0.25) is 0 Å². The van der Waals surface area contributed by atoms with Crippen LogP contribution in [-0.4, -0.2) is 27.0 Å². The van der Waals surface area contributed by atoms with E-state index >= 15 is 0 Å². The molecule has 6 heteroatoms. The van der Waals surface area contributed by atoms with Gasteiger partial charge in [-0.05, 0) is 37.9 Å². The van der Waals surface area contributed by atoms with E-state index in [0.717, 1.165) is 19.4 Å². The van der Waals surface area contributed by atoms with Gasteiger partial charge in [0.15, 0.2) is 0 Å². The number of benzene rings is 1. The van der Waals surface area contributed by atoms with Crippen molar-refractivity contribution < 1.29 is 8.42 Å². The van der Waals surface area contributed by atoms with E-state index in [1.54, 1.807) is 24.3 Å². The van der Waals surface area contributed by atoms with E-state index in [0.29, 0.717) is 17.2 Å². The van der Waals surface area contributed by atoms with Crippen LogP contribution < -0.4 is 10.0 Å². The molecular weight excluding hydrogens is 274 g/mol. The first-order chi connectivity index (χ1) is 9.50. The molecule has 20 heavy (non-hydrogen) atoms. The van der Waals surface area contributed by atoms with Crippen molar-refractivity contribution in [2.45, 2.75) is 37.6 Å². The summed E-state index contributed by atoms with van der Waals surface area (Å²) in [6, 6.07) is 9.13. The van der Waals surface area contributed by atoms with Gasteiger partial charge in [-0.15, -0.1) is 0 Å². The number of sulfonamides is 1. The van der Waals surface area contributed by atoms with Crippen molar-refractivity contribution in [3.8, 4) is 6.07 Å². The van der Waals surface area contributed by atoms with Crippen molar-refractivity contribution in [2.24, 2.45) is 0 Å². The lowest BCUT2D eigenvalue weighted by Gasteiger charge is -2.28. The Bertz CT molecular complexity index is 607. The second-order valence-electron chi connectivity index (χ2n) is 5.22. The summed E-state index contributed by atoms with van der Waals surface area (Å²) in [5, 5.41) is 12.3. The first-order valence-electron chi connectivity index (χ1n) is 6.71. The van der Waals surface area contributed by atoms with Crippen molar-refractivity contribution in [1.29, 1.82) is 5.26 Å². The molecule has 2 atom stereocenters. The Hall–Kier alpha value is -1.42. The molecule has 0 radical (unpaired) electrons. The molecule has 5 nitrogen and oxygen atoms in total. The van der Waals surface area contributed by atoms with E-state index < -0.39 is 10.0 Å². The van der Waals surface area contributed by atoms with Crippen molar-refractivity contribution in [1.82, 2.24) is 10.0 Å². The minimum Gasteiger partial charge on any atom is -0.314 e. The SMILES string of the molecule is CC1CC(NS(=O)(=O)Cc2ccccc2C#N)CCN1. The summed E-state index contributed by atoms with van der Waals surface area (Å²) in [5.74, 6) is -0.144. The van der Waals surface area contributed by atoms with Gasteiger partial charge in [-0.25, -0.2) is 13.1 Å². The second kappa shape index (κ2) is 6.35. The van der Waals surface area contributed by atoms with E-state index in [1.807, 2.05) is 13.0 Å². The Kier molecular flexibility index (Phi) is 4.76. The lowest BCUT2D eigenvalue weighted by molar-refractivity contribution is 0.361. The van der Waals surface area contributed by atoms with Gasteiger partial charge in [0.1, 0.15) is 0 Å². The van der Waals surface area contributed by atoms with Crippen molar-refractivity contribution >= 4 is 10.0 Å². The monoisotopic (exact) mass is 293 g/mol. The predicted octanol–water partition coefficient (Wildman–Crippen LogP) is 1.12. The Morgan fingerprint density at radius 3 is 2.90 bits per heavy atom. The molecule has 2 unspecified atom stereocenters. The van der Waals surface area contributed by atoms with E-state index in [9.17, 15) is 8.42 Å². The summed E-state index contributed by atoms with van der Waals surface area (Å²) in [6.07, 6.45) is 1.59. The fraction of sp³-hybridized carbons (Fsp3) is 0.500. The summed E-state index contributed by atoms with van der Waals surface area (Å²) in [6.45, 7) is 2.87. The molecule has 1 aliphatic rings. The number of nitriles is 1. The summed E-state index contributed by atoms with van der Waals surface area (Å²) in [7, 11) is -3.42. The van der Waals surface area contributed by atoms with Crippen molar-refractivity contribution in [3.05, 3.63) is 35.4 Å². The Morgan fingerprint density at radius 2 is 2.20 bits per heavy atom. The molecule has 2 rings (SSSR count). The molecule has 108 valence electrons. The maximum absolute atomic E-state index is 12.2. The fourth-order valence-corrected chi connectivity index (χ4v) is 3.96. The van der Waals surface area contributed by atoms with Crippen LogP contribution in [0.3, 0.4) is 0 Å². The number of rotatable bonds is 4. The number of nitrogens with zero attached hydrogens (tertiary/aromatic N) is 1. The van der Waals surface area contributed by atoms with Crippen molar-refractivity contribution in [2.75, 3.05) is 6.54 Å². The maximum Gasteiger partial charge on any atom is 0.216 e. The molecule has 1 aromatic rings. The number of hydrogen-bond donors (Lipinski definition) is 2. The van der Waals surface area contributed by atoms with Crippen LogP contribution >= 0.6 is 0 Å². The van der Waals surface area contributed by atoms with Crippen LogP contribution in [0.5, 0.6) is 0 Å². The molecule has 0 aromatic heterocycles. The molecule has 0 bridgehead atoms. The van der Waals surface area contributed by atoms with Gasteiger partial charge >= 0.3 is 0 Å². The average Bonchev–Trinajstić information content (AvgIpc) is 2.38. The normalized spacial score (nSPS) is 23.2. The van der Waals surface area contributed by atoms with Gasteiger partial charge in [-0.1, -0.05) is 18.2 Å². The molecule has 2 N–H and O–H groups in total. The van der Waals surface area contributed by atoms with Gasteiger partial charge in [0.25, 0.3) is 0 Å². The molecule has 1 heterocycles. The summed E-state index contributed by atoms with van der Waals surface area (Å²) in [4.78, 5) is 0. The van der Waals surface area contributed by atoms with E-state index in [1.165, 1.54) is 0 Å². The zero-order valence-corrected chi connectivity index (χ0v) is 12.3. The molecule has 0 spiro atoms. The standard InChI is InChI=1S/C14H19N3O2S/c1-11-8-14(6-7-16-11)17-20(18,19)10-13-5-3-2-4-12(13)9-15/h2-5,11,14,16-17H,6-8,10H2,1H3. The van der Waals surface area contributed by atoms with Gasteiger partial charge in [0.05, 0.1) is 17.4 Å². The summed E-state index contributed by atoms with van der Waals surface area (Å²) < 4.78 is 27.2. The van der Waals surface area contributed by atoms with E-state index in [2.05, 4.69) is 10.0 Å². The molecule has 1 aromatic carbocycles. The quantitative estimate of drug-likeness (QED) is 0.871. The van der Waals surface area contributed by atoms with E-state index in [-0.39, 0.29) is 11.8 Å². The Morgan fingerprint density at radius 1 is 1.45 bits per heavy atom. The highest BCUT2D eigenvalue weighted by molar-refractivity contribution is 7.88. The summed E-state index contributed by atoms with van der Waals surface area (Å²) >= 11 is 0. The third kappa shape index (κ3) is 4.04. The van der Waals surface area contributed by atoms with Crippen LogP contribution in [0, 0.1) is 11.3 Å². The number of hydrogen-bond acceptors (Lipinski definition) is 4. The third-order valence-electron chi connectivity index (χ3n) is 3.45. The Balaban J connectivity index is 2.06. The van der Waals surface area contributed by atoms with Gasteiger partial charge in [0, 0.05) is 12.1 Å². The lowest BCUT2D eigenvalue weighted by Crippen LogP contribution is -2.46. The first-order valence-corrected chi connectivity index (χ1v) is 8.37. The largest absolute Gasteiger partial charge is 0.314 e. The second-order valence-corrected chi connectivity index (χ2v) is 6.98. The molecule has 0 saturated carbocycles. The van der Waals surface area contributed by atoms with Gasteiger partial charge in [-0.3, -0.25) is 0 Å². The highest BCUT2D eigenvalue weighted by atomic mass is 32.2. The van der Waals surface area contributed by atoms with Gasteiger partial charge in [-0.2, -0.15) is 5.26 Å². The zero-order valence-electron chi connectivity index (χ0n) is 11.5. The molecule has 0 amide bonds. The predicted molar refractivity (Wildman–Crippen MR) is 77.4 cm³/mol. The molecule has 1 aliphatic heterocycles. The first kappa shape index (κ1) is 15.0. The molecular formula is C14H19N3O2S. The smallest absolute Gasteiger partial charge is 0.216 e. The fourth-order valence-electron chi connectivity index (χ4n) is 2.49. The molecule has 1 saturated heterocycles. The molecule has 0 aliphatic carbocycles. The molecule has 1 fully saturated rings. The topological polar surface area (TPSA) is 82.0 Å². The summed E-state index contributed by atoms with van der Waals surface area (Å²) in [5.41, 5.74) is 0.959. The van der Waals surface area contributed by atoms with Crippen LogP contribution in [0.1, 0.15) is 30.9 Å².